The van der Waals surface area contributed by atoms with E-state index < -0.39 is 12.3 Å². The highest BCUT2D eigenvalue weighted by Gasteiger charge is 2.45. The second kappa shape index (κ2) is 9.30. The van der Waals surface area contributed by atoms with Crippen LogP contribution in [0.4, 0.5) is 14.5 Å². The first-order valence-corrected chi connectivity index (χ1v) is 13.5. The van der Waals surface area contributed by atoms with E-state index in [1.54, 1.807) is 18.2 Å². The number of fused-ring (bicyclic) bond motifs is 2. The summed E-state index contributed by atoms with van der Waals surface area (Å²) in [5.41, 5.74) is 2.01. The summed E-state index contributed by atoms with van der Waals surface area (Å²) in [6, 6.07) is 6.67. The Balaban J connectivity index is 1.34. The van der Waals surface area contributed by atoms with Crippen molar-refractivity contribution in [2.45, 2.75) is 50.4 Å². The zero-order valence-corrected chi connectivity index (χ0v) is 21.3. The molecule has 1 saturated carbocycles. The van der Waals surface area contributed by atoms with Gasteiger partial charge in [0, 0.05) is 38.1 Å². The molecule has 0 amide bonds. The lowest BCUT2D eigenvalue weighted by molar-refractivity contribution is -0.286. The molecule has 3 aromatic rings. The Labute approximate surface area is 223 Å². The Kier molecular flexibility index (Phi) is 5.85. The summed E-state index contributed by atoms with van der Waals surface area (Å²) < 4.78 is 44.5. The Hall–Kier alpha value is -3.51. The van der Waals surface area contributed by atoms with E-state index in [1.165, 1.54) is 10.7 Å². The largest absolute Gasteiger partial charge is 0.586 e. The summed E-state index contributed by atoms with van der Waals surface area (Å²) in [6.07, 6.45) is 1.08. The van der Waals surface area contributed by atoms with Crippen molar-refractivity contribution in [1.82, 2.24) is 19.7 Å². The quantitative estimate of drug-likeness (QED) is 0.513. The lowest BCUT2D eigenvalue weighted by Gasteiger charge is -2.41. The van der Waals surface area contributed by atoms with Gasteiger partial charge in [-0.05, 0) is 43.9 Å². The van der Waals surface area contributed by atoms with E-state index in [2.05, 4.69) is 19.5 Å². The number of hydrogen-bond acceptors (Lipinski definition) is 8. The van der Waals surface area contributed by atoms with Crippen LogP contribution < -0.4 is 14.4 Å². The van der Waals surface area contributed by atoms with Gasteiger partial charge in [0.05, 0.1) is 30.0 Å². The molecule has 39 heavy (non-hydrogen) atoms. The molecule has 10 nitrogen and oxygen atoms in total. The molecule has 0 bridgehead atoms. The van der Waals surface area contributed by atoms with Crippen LogP contribution in [0.3, 0.4) is 0 Å². The fraction of sp³-hybridized carbons (Fsp3) is 0.519. The number of rotatable bonds is 5. The standard InChI is InChI=1S/C27H29F2N5O5/c28-27(29)38-21-6-2-5-19(24(21)39-27)34-25-22(23(31-34)16-3-1-4-16)20(15-18(30-25)26(35)36)33-9-7-17(8-10-33)32-11-13-37-14-12-32/h2,5-6,15-17H,1,3-4,7-14H2,(H,35,36). The van der Waals surface area contributed by atoms with Crippen LogP contribution in [0.15, 0.2) is 24.3 Å². The molecule has 3 aliphatic heterocycles. The highest BCUT2D eigenvalue weighted by atomic mass is 19.3. The van der Waals surface area contributed by atoms with Gasteiger partial charge >= 0.3 is 12.3 Å². The zero-order chi connectivity index (χ0) is 26.7. The molecule has 3 fully saturated rings. The molecule has 0 atom stereocenters. The molecule has 1 N–H and O–H groups in total. The summed E-state index contributed by atoms with van der Waals surface area (Å²) in [5.74, 6) is -1.23. The fourth-order valence-electron chi connectivity index (χ4n) is 6.15. The Morgan fingerprint density at radius 2 is 1.79 bits per heavy atom. The maximum atomic E-state index is 14.0. The van der Waals surface area contributed by atoms with Gasteiger partial charge in [0.2, 0.25) is 0 Å². The summed E-state index contributed by atoms with van der Waals surface area (Å²) in [6.45, 7) is 4.89. The van der Waals surface area contributed by atoms with E-state index >= 15 is 0 Å². The predicted molar refractivity (Wildman–Crippen MR) is 136 cm³/mol. The van der Waals surface area contributed by atoms with Crippen molar-refractivity contribution in [3.05, 3.63) is 35.7 Å². The summed E-state index contributed by atoms with van der Waals surface area (Å²) in [5, 5.41) is 15.6. The van der Waals surface area contributed by atoms with Crippen LogP contribution in [-0.2, 0) is 4.74 Å². The van der Waals surface area contributed by atoms with E-state index in [0.29, 0.717) is 11.7 Å². The number of halogens is 2. The first-order valence-electron chi connectivity index (χ1n) is 13.5. The number of piperidine rings is 1. The smallest absolute Gasteiger partial charge is 0.477 e. The van der Waals surface area contributed by atoms with Crippen molar-refractivity contribution in [3.63, 3.8) is 0 Å². The number of hydrogen-bond donors (Lipinski definition) is 1. The molecule has 2 saturated heterocycles. The van der Waals surface area contributed by atoms with Crippen molar-refractivity contribution in [3.8, 4) is 17.2 Å². The Morgan fingerprint density at radius 1 is 1.03 bits per heavy atom. The number of pyridine rings is 1. The number of carboxylic acids is 1. The highest BCUT2D eigenvalue weighted by Crippen LogP contribution is 2.47. The van der Waals surface area contributed by atoms with Crippen LogP contribution in [0.2, 0.25) is 0 Å². The Morgan fingerprint density at radius 3 is 2.49 bits per heavy atom. The number of aromatic nitrogens is 3. The molecule has 0 radical (unpaired) electrons. The van der Waals surface area contributed by atoms with Gasteiger partial charge in [0.25, 0.3) is 0 Å². The fourth-order valence-corrected chi connectivity index (χ4v) is 6.15. The van der Waals surface area contributed by atoms with E-state index in [1.807, 2.05) is 0 Å². The third-order valence-electron chi connectivity index (χ3n) is 8.36. The summed E-state index contributed by atoms with van der Waals surface area (Å²) >= 11 is 0. The molecule has 5 heterocycles. The highest BCUT2D eigenvalue weighted by molar-refractivity contribution is 5.98. The normalized spacial score (nSPS) is 21.8. The van der Waals surface area contributed by atoms with Gasteiger partial charge in [-0.2, -0.15) is 5.10 Å². The number of anilines is 1. The maximum absolute atomic E-state index is 14.0. The van der Waals surface area contributed by atoms with Gasteiger partial charge in [-0.3, -0.25) is 4.90 Å². The number of carbonyl (C=O) groups is 1. The van der Waals surface area contributed by atoms with Crippen LogP contribution in [-0.4, -0.2) is 82.5 Å². The average Bonchev–Trinajstić information content (AvgIpc) is 3.43. The minimum Gasteiger partial charge on any atom is -0.477 e. The SMILES string of the molecule is O=C(O)c1cc(N2CCC(N3CCOCC3)CC2)c2c(C3CCC3)nn(-c3cccc4c3OC(F)(F)O4)c2n1. The number of ether oxygens (including phenoxy) is 3. The molecule has 1 aliphatic carbocycles. The second-order valence-electron chi connectivity index (χ2n) is 10.6. The minimum absolute atomic E-state index is 0.105. The third kappa shape index (κ3) is 4.26. The first kappa shape index (κ1) is 24.5. The van der Waals surface area contributed by atoms with Gasteiger partial charge in [-0.25, -0.2) is 14.5 Å². The minimum atomic E-state index is -3.80. The monoisotopic (exact) mass is 541 g/mol. The van der Waals surface area contributed by atoms with Crippen molar-refractivity contribution < 1.29 is 32.9 Å². The summed E-state index contributed by atoms with van der Waals surface area (Å²) in [7, 11) is 0. The number of benzene rings is 1. The van der Waals surface area contributed by atoms with Gasteiger partial charge < -0.3 is 24.2 Å². The van der Waals surface area contributed by atoms with Crippen molar-refractivity contribution in [1.29, 1.82) is 0 Å². The summed E-state index contributed by atoms with van der Waals surface area (Å²) in [4.78, 5) is 21.4. The third-order valence-corrected chi connectivity index (χ3v) is 8.36. The molecule has 0 spiro atoms. The number of para-hydroxylation sites is 1. The average molecular weight is 542 g/mol. The van der Waals surface area contributed by atoms with Crippen LogP contribution >= 0.6 is 0 Å². The number of morpholine rings is 1. The number of carboxylic acid groups (broad SMARTS) is 1. The van der Waals surface area contributed by atoms with Gasteiger partial charge in [0.1, 0.15) is 5.69 Å². The van der Waals surface area contributed by atoms with Crippen LogP contribution in [0.25, 0.3) is 16.7 Å². The first-order chi connectivity index (χ1) is 18.9. The molecule has 12 heteroatoms. The second-order valence-corrected chi connectivity index (χ2v) is 10.6. The number of nitrogens with zero attached hydrogens (tertiary/aromatic N) is 5. The predicted octanol–water partition coefficient (Wildman–Crippen LogP) is 4.01. The molecule has 1 aromatic carbocycles. The maximum Gasteiger partial charge on any atom is 0.586 e. The molecule has 4 aliphatic rings. The van der Waals surface area contributed by atoms with Crippen LogP contribution in [0, 0.1) is 0 Å². The van der Waals surface area contributed by atoms with Crippen molar-refractivity contribution in [2.75, 3.05) is 44.3 Å². The molecular weight excluding hydrogens is 512 g/mol. The van der Waals surface area contributed by atoms with Crippen molar-refractivity contribution in [2.24, 2.45) is 0 Å². The number of aromatic carboxylic acids is 1. The molecule has 2 aromatic heterocycles. The number of alkyl halides is 2. The lowest BCUT2D eigenvalue weighted by Crippen LogP contribution is -2.49. The molecule has 7 rings (SSSR count). The van der Waals surface area contributed by atoms with Crippen molar-refractivity contribution >= 4 is 22.7 Å². The van der Waals surface area contributed by atoms with Gasteiger partial charge in [-0.15, -0.1) is 8.78 Å². The van der Waals surface area contributed by atoms with E-state index in [-0.39, 0.29) is 28.8 Å². The van der Waals surface area contributed by atoms with Crippen LogP contribution in [0.1, 0.15) is 54.2 Å². The van der Waals surface area contributed by atoms with Crippen LogP contribution in [0.5, 0.6) is 11.5 Å². The Bertz CT molecular complexity index is 1430. The zero-order valence-electron chi connectivity index (χ0n) is 21.3. The lowest BCUT2D eigenvalue weighted by atomic mass is 9.82. The van der Waals surface area contributed by atoms with E-state index in [4.69, 9.17) is 14.6 Å². The van der Waals surface area contributed by atoms with Gasteiger partial charge in [-0.1, -0.05) is 12.5 Å². The van der Waals surface area contributed by atoms with E-state index in [9.17, 15) is 18.7 Å². The van der Waals surface area contributed by atoms with Gasteiger partial charge in [0.15, 0.2) is 22.8 Å². The molecule has 206 valence electrons. The molecular formula is C27H29F2N5O5. The topological polar surface area (TPSA) is 102 Å². The van der Waals surface area contributed by atoms with E-state index in [0.717, 1.165) is 88.3 Å². The molecule has 0 unspecified atom stereocenters.